The summed E-state index contributed by atoms with van der Waals surface area (Å²) < 4.78 is 1.88. The molecule has 27 heavy (non-hydrogen) atoms. The van der Waals surface area contributed by atoms with Crippen LogP contribution >= 0.6 is 0 Å². The fourth-order valence-electron chi connectivity index (χ4n) is 6.01. The molecule has 0 aliphatic heterocycles. The fourth-order valence-corrected chi connectivity index (χ4v) is 6.01. The van der Waals surface area contributed by atoms with Crippen LogP contribution in [0.25, 0.3) is 0 Å². The van der Waals surface area contributed by atoms with Gasteiger partial charge in [0.2, 0.25) is 5.78 Å². The summed E-state index contributed by atoms with van der Waals surface area (Å²) >= 11 is 0. The molecule has 2 aliphatic rings. The summed E-state index contributed by atoms with van der Waals surface area (Å²) in [5.41, 5.74) is 4.35. The predicted molar refractivity (Wildman–Crippen MR) is 109 cm³/mol. The zero-order valence-corrected chi connectivity index (χ0v) is 17.3. The smallest absolute Gasteiger partial charge is 0.201 e. The monoisotopic (exact) mass is 364 g/mol. The van der Waals surface area contributed by atoms with Gasteiger partial charge in [0.1, 0.15) is 0 Å². The van der Waals surface area contributed by atoms with Gasteiger partial charge in [0.25, 0.3) is 0 Å². The Hall–Kier alpha value is -1.90. The van der Waals surface area contributed by atoms with Crippen LogP contribution in [0.5, 0.6) is 0 Å². The van der Waals surface area contributed by atoms with Crippen molar-refractivity contribution >= 4 is 5.78 Å². The number of ketones is 1. The second-order valence-electron chi connectivity index (χ2n) is 9.42. The van der Waals surface area contributed by atoms with Crippen molar-refractivity contribution in [2.24, 2.45) is 24.8 Å². The molecule has 3 nitrogen and oxygen atoms in total. The molecule has 4 unspecified atom stereocenters. The van der Waals surface area contributed by atoms with E-state index in [0.29, 0.717) is 23.6 Å². The topological polar surface area (TPSA) is 34.9 Å². The summed E-state index contributed by atoms with van der Waals surface area (Å²) in [5, 5.41) is 0. The average Bonchev–Trinajstić information content (AvgIpc) is 3.05. The minimum atomic E-state index is 0.0290. The highest BCUT2D eigenvalue weighted by Crippen LogP contribution is 2.55. The van der Waals surface area contributed by atoms with Crippen LogP contribution in [0.1, 0.15) is 80.2 Å². The van der Waals surface area contributed by atoms with Crippen molar-refractivity contribution in [1.82, 2.24) is 9.55 Å². The largest absolute Gasteiger partial charge is 0.332 e. The van der Waals surface area contributed by atoms with Crippen molar-refractivity contribution in [1.29, 1.82) is 0 Å². The highest BCUT2D eigenvalue weighted by molar-refractivity contribution is 5.95. The summed E-state index contributed by atoms with van der Waals surface area (Å²) in [7, 11) is 1.93. The first-order chi connectivity index (χ1) is 12.8. The van der Waals surface area contributed by atoms with Crippen LogP contribution in [0.15, 0.2) is 30.6 Å². The molecular weight excluding hydrogens is 332 g/mol. The molecule has 3 heteroatoms. The van der Waals surface area contributed by atoms with Crippen molar-refractivity contribution in [3.8, 4) is 0 Å². The van der Waals surface area contributed by atoms with Gasteiger partial charge in [0.05, 0.1) is 0 Å². The van der Waals surface area contributed by atoms with Crippen LogP contribution in [-0.4, -0.2) is 15.3 Å². The maximum absolute atomic E-state index is 13.6. The second kappa shape index (κ2) is 6.61. The molecule has 4 rings (SSSR count). The minimum absolute atomic E-state index is 0.0290. The van der Waals surface area contributed by atoms with E-state index in [1.165, 1.54) is 36.0 Å². The van der Waals surface area contributed by atoms with Gasteiger partial charge in [-0.1, -0.05) is 58.7 Å². The molecule has 2 aliphatic carbocycles. The predicted octanol–water partition coefficient (Wildman–Crippen LogP) is 5.29. The van der Waals surface area contributed by atoms with Crippen LogP contribution < -0.4 is 0 Å². The van der Waals surface area contributed by atoms with E-state index in [9.17, 15) is 4.79 Å². The molecule has 0 spiro atoms. The Balaban J connectivity index is 1.84. The fraction of sp³-hybridized carbons (Fsp3) is 0.583. The highest BCUT2D eigenvalue weighted by Gasteiger charge is 2.51. The third kappa shape index (κ3) is 2.86. The molecule has 0 N–H and O–H groups in total. The summed E-state index contributed by atoms with van der Waals surface area (Å²) in [6, 6.07) is 7.06. The Kier molecular flexibility index (Phi) is 4.52. The molecule has 144 valence electrons. The van der Waals surface area contributed by atoms with Crippen LogP contribution in [0.3, 0.4) is 0 Å². The molecule has 4 atom stereocenters. The van der Waals surface area contributed by atoms with Gasteiger partial charge in [0, 0.05) is 25.4 Å². The van der Waals surface area contributed by atoms with E-state index in [0.717, 1.165) is 6.42 Å². The number of carbonyl (C=O) groups excluding carboxylic acids is 1. The maximum Gasteiger partial charge on any atom is 0.201 e. The van der Waals surface area contributed by atoms with Gasteiger partial charge < -0.3 is 4.57 Å². The number of rotatable bonds is 3. The number of fused-ring (bicyclic) bond motifs is 3. The highest BCUT2D eigenvalue weighted by atomic mass is 16.1. The Labute approximate surface area is 163 Å². The number of carbonyl (C=O) groups is 1. The van der Waals surface area contributed by atoms with Gasteiger partial charge in [0.15, 0.2) is 5.82 Å². The van der Waals surface area contributed by atoms with Gasteiger partial charge in [-0.25, -0.2) is 4.98 Å². The van der Waals surface area contributed by atoms with Crippen LogP contribution in [0.2, 0.25) is 0 Å². The van der Waals surface area contributed by atoms with Crippen molar-refractivity contribution in [2.75, 3.05) is 0 Å². The molecule has 1 aromatic heterocycles. The summed E-state index contributed by atoms with van der Waals surface area (Å²) in [6.07, 6.45) is 8.13. The molecule has 0 radical (unpaired) electrons. The lowest BCUT2D eigenvalue weighted by Crippen LogP contribution is -2.50. The molecule has 0 bridgehead atoms. The Morgan fingerprint density at radius 1 is 1.33 bits per heavy atom. The van der Waals surface area contributed by atoms with Gasteiger partial charge in [-0.05, 0) is 52.7 Å². The van der Waals surface area contributed by atoms with E-state index in [4.69, 9.17) is 0 Å². The van der Waals surface area contributed by atoms with Crippen molar-refractivity contribution in [3.63, 3.8) is 0 Å². The second-order valence-corrected chi connectivity index (χ2v) is 9.42. The number of aromatic nitrogens is 2. The summed E-state index contributed by atoms with van der Waals surface area (Å²) in [6.45, 7) is 9.26. The van der Waals surface area contributed by atoms with E-state index in [2.05, 4.69) is 50.9 Å². The van der Waals surface area contributed by atoms with Crippen LogP contribution in [0, 0.1) is 17.8 Å². The summed E-state index contributed by atoms with van der Waals surface area (Å²) in [5.74, 6) is 2.34. The number of nitrogens with zero attached hydrogens (tertiary/aromatic N) is 2. The van der Waals surface area contributed by atoms with E-state index < -0.39 is 0 Å². The average molecular weight is 365 g/mol. The van der Waals surface area contributed by atoms with E-state index in [1.54, 1.807) is 6.20 Å². The molecule has 1 heterocycles. The number of aryl methyl sites for hydroxylation is 1. The summed E-state index contributed by atoms with van der Waals surface area (Å²) in [4.78, 5) is 18.0. The number of Topliss-reactive ketones (excluding diaryl/α,β-unsaturated/α-hetero) is 1. The van der Waals surface area contributed by atoms with E-state index in [1.807, 2.05) is 17.8 Å². The van der Waals surface area contributed by atoms with Gasteiger partial charge in [-0.3, -0.25) is 4.79 Å². The molecule has 1 aromatic carbocycles. The van der Waals surface area contributed by atoms with Crippen molar-refractivity contribution in [2.45, 2.75) is 64.7 Å². The minimum Gasteiger partial charge on any atom is -0.332 e. The van der Waals surface area contributed by atoms with E-state index in [-0.39, 0.29) is 17.1 Å². The number of hydrogen-bond acceptors (Lipinski definition) is 2. The molecule has 0 amide bonds. The third-order valence-corrected chi connectivity index (χ3v) is 7.37. The Morgan fingerprint density at radius 3 is 2.78 bits per heavy atom. The first-order valence-corrected chi connectivity index (χ1v) is 10.5. The van der Waals surface area contributed by atoms with Crippen molar-refractivity contribution in [3.05, 3.63) is 53.1 Å². The van der Waals surface area contributed by atoms with Crippen molar-refractivity contribution < 1.29 is 4.79 Å². The molecular formula is C24H32N2O. The van der Waals surface area contributed by atoms with Crippen LogP contribution in [-0.2, 0) is 18.9 Å². The number of imidazole rings is 1. The lowest BCUT2D eigenvalue weighted by Gasteiger charge is -2.52. The number of hydrogen-bond donors (Lipinski definition) is 0. The molecule has 1 fully saturated rings. The SMILES string of the molecule is CC(C)c1ccc2c(c1)CC(C(=O)c1nccn1C)C1C(C)CCCC21C. The standard InChI is InChI=1S/C24H32N2O/c1-15(2)17-8-9-20-18(13-17)14-19(22(27)23-25-11-12-26(23)5)21-16(3)7-6-10-24(20,21)4/h8-9,11-13,15-16,19,21H,6-7,10,14H2,1-5H3. The zero-order chi connectivity index (χ0) is 19.3. The van der Waals surface area contributed by atoms with Crippen LogP contribution in [0.4, 0.5) is 0 Å². The lowest BCUT2D eigenvalue weighted by atomic mass is 9.51. The zero-order valence-electron chi connectivity index (χ0n) is 17.3. The number of benzene rings is 1. The quantitative estimate of drug-likeness (QED) is 0.693. The molecule has 1 saturated carbocycles. The van der Waals surface area contributed by atoms with E-state index >= 15 is 0 Å². The maximum atomic E-state index is 13.6. The van der Waals surface area contributed by atoms with Gasteiger partial charge in [-0.15, -0.1) is 0 Å². The van der Waals surface area contributed by atoms with Gasteiger partial charge in [-0.2, -0.15) is 0 Å². The normalized spacial score (nSPS) is 30.1. The Bertz CT molecular complexity index is 865. The first kappa shape index (κ1) is 18.5. The lowest BCUT2D eigenvalue weighted by molar-refractivity contribution is 0.0488. The third-order valence-electron chi connectivity index (χ3n) is 7.37. The molecule has 0 saturated heterocycles. The molecule has 2 aromatic rings. The van der Waals surface area contributed by atoms with Gasteiger partial charge >= 0.3 is 0 Å². The Morgan fingerprint density at radius 2 is 2.11 bits per heavy atom. The first-order valence-electron chi connectivity index (χ1n) is 10.5.